The molecule has 8 nitrogen and oxygen atoms in total. The van der Waals surface area contributed by atoms with Crippen LogP contribution in [-0.2, 0) is 4.79 Å². The van der Waals surface area contributed by atoms with Gasteiger partial charge in [0.25, 0.3) is 5.91 Å². The number of amides is 2. The van der Waals surface area contributed by atoms with Crippen LogP contribution in [-0.4, -0.2) is 45.6 Å². The maximum Gasteiger partial charge on any atom is 0.267 e. The van der Waals surface area contributed by atoms with Crippen molar-refractivity contribution >= 4 is 17.6 Å². The number of hydrogen-bond acceptors (Lipinski definition) is 6. The summed E-state index contributed by atoms with van der Waals surface area (Å²) in [6, 6.07) is 2.05. The molecule has 0 atom stereocenters. The van der Waals surface area contributed by atoms with Gasteiger partial charge < -0.3 is 21.5 Å². The molecule has 2 fully saturated rings. The van der Waals surface area contributed by atoms with E-state index in [0.717, 1.165) is 25.7 Å². The minimum Gasteiger partial charge on any atom is -0.387 e. The van der Waals surface area contributed by atoms with E-state index in [4.69, 9.17) is 10.8 Å². The molecule has 2 saturated carbocycles. The third-order valence-electron chi connectivity index (χ3n) is 4.50. The highest BCUT2D eigenvalue weighted by Gasteiger charge is 2.53. The molecule has 1 aromatic rings. The second-order valence-electron chi connectivity index (χ2n) is 6.23. The second kappa shape index (κ2) is 5.53. The van der Waals surface area contributed by atoms with E-state index in [9.17, 15) is 9.59 Å². The number of nitrogens with one attached hydrogen (secondary N) is 2. The maximum absolute atomic E-state index is 11.1. The Balaban J connectivity index is 1.46. The summed E-state index contributed by atoms with van der Waals surface area (Å²) in [5.41, 5.74) is 5.68. The summed E-state index contributed by atoms with van der Waals surface area (Å²) < 4.78 is 0. The van der Waals surface area contributed by atoms with Gasteiger partial charge in [-0.1, -0.05) is 0 Å². The average molecular weight is 305 g/mol. The Kier molecular flexibility index (Phi) is 3.69. The number of aliphatic hydroxyl groups is 1. The lowest BCUT2D eigenvalue weighted by molar-refractivity contribution is -0.127. The molecule has 0 radical (unpaired) electrons. The highest BCUT2D eigenvalue weighted by molar-refractivity contribution is 5.91. The first-order valence-corrected chi connectivity index (χ1v) is 7.28. The van der Waals surface area contributed by atoms with Crippen LogP contribution in [0.3, 0.4) is 0 Å². The molecule has 0 aliphatic heterocycles. The van der Waals surface area contributed by atoms with Gasteiger partial charge in [-0.3, -0.25) is 9.59 Å². The SMILES string of the molecule is NC(=O)c1cc(NC2CC3(CC(NC(=O)CO)C3)C2)ncn1. The van der Waals surface area contributed by atoms with Gasteiger partial charge in [0.1, 0.15) is 24.4 Å². The zero-order chi connectivity index (χ0) is 15.7. The van der Waals surface area contributed by atoms with Crippen molar-refractivity contribution < 1.29 is 14.7 Å². The van der Waals surface area contributed by atoms with Crippen molar-refractivity contribution in [3.05, 3.63) is 18.1 Å². The predicted molar refractivity (Wildman–Crippen MR) is 77.9 cm³/mol. The fraction of sp³-hybridized carbons (Fsp3) is 0.571. The van der Waals surface area contributed by atoms with Gasteiger partial charge >= 0.3 is 0 Å². The molecular weight excluding hydrogens is 286 g/mol. The van der Waals surface area contributed by atoms with Crippen LogP contribution in [0.15, 0.2) is 12.4 Å². The smallest absolute Gasteiger partial charge is 0.267 e. The topological polar surface area (TPSA) is 130 Å². The molecular formula is C14H19N5O3. The fourth-order valence-electron chi connectivity index (χ4n) is 3.56. The van der Waals surface area contributed by atoms with Gasteiger partial charge in [0.2, 0.25) is 5.91 Å². The minimum absolute atomic E-state index is 0.182. The molecule has 1 spiro atoms. The Morgan fingerprint density at radius 3 is 2.59 bits per heavy atom. The van der Waals surface area contributed by atoms with Crippen molar-refractivity contribution in [2.24, 2.45) is 11.1 Å². The van der Waals surface area contributed by atoms with Crippen LogP contribution in [0, 0.1) is 5.41 Å². The summed E-state index contributed by atoms with van der Waals surface area (Å²) in [6.45, 7) is -0.455. The van der Waals surface area contributed by atoms with E-state index in [2.05, 4.69) is 20.6 Å². The molecule has 2 aliphatic rings. The monoisotopic (exact) mass is 305 g/mol. The van der Waals surface area contributed by atoms with Crippen molar-refractivity contribution in [3.63, 3.8) is 0 Å². The van der Waals surface area contributed by atoms with Crippen molar-refractivity contribution in [2.45, 2.75) is 37.8 Å². The van der Waals surface area contributed by atoms with Gasteiger partial charge in [-0.05, 0) is 31.1 Å². The third-order valence-corrected chi connectivity index (χ3v) is 4.50. The summed E-state index contributed by atoms with van der Waals surface area (Å²) in [6.07, 6.45) is 5.24. The molecule has 0 unspecified atom stereocenters. The summed E-state index contributed by atoms with van der Waals surface area (Å²) in [5.74, 6) is -0.279. The summed E-state index contributed by atoms with van der Waals surface area (Å²) >= 11 is 0. The Bertz CT molecular complexity index is 592. The van der Waals surface area contributed by atoms with Crippen molar-refractivity contribution in [1.82, 2.24) is 15.3 Å². The number of primary amides is 1. The molecule has 5 N–H and O–H groups in total. The molecule has 2 aliphatic carbocycles. The standard InChI is InChI=1S/C14H19N5O3/c15-13(22)10-1-11(17-7-16-10)18-8-2-14(3-8)4-9(5-14)19-12(21)6-20/h1,7-9,20H,2-6H2,(H2,15,22)(H,19,21)(H,16,17,18). The second-order valence-corrected chi connectivity index (χ2v) is 6.23. The van der Waals surface area contributed by atoms with Crippen molar-refractivity contribution in [1.29, 1.82) is 0 Å². The number of anilines is 1. The van der Waals surface area contributed by atoms with Crippen LogP contribution in [0.4, 0.5) is 5.82 Å². The predicted octanol–water partition coefficient (Wildman–Crippen LogP) is -0.593. The van der Waals surface area contributed by atoms with Gasteiger partial charge in [0.05, 0.1) is 0 Å². The number of hydrogen-bond donors (Lipinski definition) is 4. The van der Waals surface area contributed by atoms with Crippen LogP contribution < -0.4 is 16.4 Å². The maximum atomic E-state index is 11.1. The van der Waals surface area contributed by atoms with Gasteiger partial charge in [-0.2, -0.15) is 0 Å². The zero-order valence-corrected chi connectivity index (χ0v) is 12.1. The first-order valence-electron chi connectivity index (χ1n) is 7.28. The molecule has 2 amide bonds. The van der Waals surface area contributed by atoms with Crippen molar-refractivity contribution in [3.8, 4) is 0 Å². The number of aliphatic hydroxyl groups excluding tert-OH is 1. The summed E-state index contributed by atoms with van der Waals surface area (Å²) in [5, 5.41) is 14.8. The molecule has 1 aromatic heterocycles. The molecule has 8 heteroatoms. The average Bonchev–Trinajstić information content (AvgIpc) is 2.42. The zero-order valence-electron chi connectivity index (χ0n) is 12.1. The highest BCUT2D eigenvalue weighted by Crippen LogP contribution is 2.56. The number of carbonyl (C=O) groups is 2. The number of nitrogens with two attached hydrogens (primary N) is 1. The lowest BCUT2D eigenvalue weighted by atomic mass is 9.52. The summed E-state index contributed by atoms with van der Waals surface area (Å²) in [4.78, 5) is 30.1. The quantitative estimate of drug-likeness (QED) is 0.575. The normalized spacial score (nSPS) is 29.3. The number of carbonyl (C=O) groups excluding carboxylic acids is 2. The highest BCUT2D eigenvalue weighted by atomic mass is 16.3. The minimum atomic E-state index is -0.572. The molecule has 118 valence electrons. The van der Waals surface area contributed by atoms with Gasteiger partial charge in [0, 0.05) is 18.2 Å². The number of nitrogens with zero attached hydrogens (tertiary/aromatic N) is 2. The van der Waals surface area contributed by atoms with Gasteiger partial charge in [-0.25, -0.2) is 9.97 Å². The van der Waals surface area contributed by atoms with Gasteiger partial charge in [0.15, 0.2) is 0 Å². The van der Waals surface area contributed by atoms with E-state index >= 15 is 0 Å². The Labute approximate surface area is 127 Å². The van der Waals surface area contributed by atoms with E-state index in [1.807, 2.05) is 0 Å². The largest absolute Gasteiger partial charge is 0.387 e. The fourth-order valence-corrected chi connectivity index (χ4v) is 3.56. The lowest BCUT2D eigenvalue weighted by Crippen LogP contribution is -2.59. The number of aromatic nitrogens is 2. The first-order chi connectivity index (χ1) is 10.5. The Hall–Kier alpha value is -2.22. The van der Waals surface area contributed by atoms with Gasteiger partial charge in [-0.15, -0.1) is 0 Å². The molecule has 3 rings (SSSR count). The van der Waals surface area contributed by atoms with Crippen LogP contribution in [0.25, 0.3) is 0 Å². The molecule has 0 saturated heterocycles. The van der Waals surface area contributed by atoms with Crippen LogP contribution in [0.2, 0.25) is 0 Å². The van der Waals surface area contributed by atoms with Crippen molar-refractivity contribution in [2.75, 3.05) is 11.9 Å². The van der Waals surface area contributed by atoms with Crippen LogP contribution in [0.1, 0.15) is 36.2 Å². The van der Waals surface area contributed by atoms with E-state index in [1.165, 1.54) is 6.33 Å². The Morgan fingerprint density at radius 2 is 1.95 bits per heavy atom. The molecule has 0 bridgehead atoms. The Morgan fingerprint density at radius 1 is 1.27 bits per heavy atom. The first kappa shape index (κ1) is 14.7. The third kappa shape index (κ3) is 2.87. The molecule has 0 aromatic carbocycles. The van der Waals surface area contributed by atoms with E-state index in [-0.39, 0.29) is 17.6 Å². The van der Waals surface area contributed by atoms with E-state index < -0.39 is 12.5 Å². The summed E-state index contributed by atoms with van der Waals surface area (Å²) in [7, 11) is 0. The van der Waals surface area contributed by atoms with Crippen LogP contribution in [0.5, 0.6) is 0 Å². The molecule has 22 heavy (non-hydrogen) atoms. The lowest BCUT2D eigenvalue weighted by Gasteiger charge is -2.57. The molecule has 1 heterocycles. The number of rotatable bonds is 5. The van der Waals surface area contributed by atoms with E-state index in [1.54, 1.807) is 6.07 Å². The van der Waals surface area contributed by atoms with Crippen LogP contribution >= 0.6 is 0 Å². The van der Waals surface area contributed by atoms with E-state index in [0.29, 0.717) is 17.3 Å².